The number of rotatable bonds is 7. The van der Waals surface area contributed by atoms with Crippen molar-refractivity contribution < 1.29 is 19.1 Å². The third-order valence-corrected chi connectivity index (χ3v) is 6.05. The fraction of sp³-hybridized carbons (Fsp3) is 0.591. The van der Waals surface area contributed by atoms with Gasteiger partial charge in [-0.2, -0.15) is 0 Å². The minimum Gasteiger partial charge on any atom is -0.454 e. The Hall–Kier alpha value is -2.08. The van der Waals surface area contributed by atoms with Crippen LogP contribution in [0, 0.1) is 17.8 Å². The van der Waals surface area contributed by atoms with Gasteiger partial charge in [-0.3, -0.25) is 9.59 Å². The highest BCUT2D eigenvalue weighted by atomic mass is 35.5. The number of hydrogen-bond donors (Lipinski definition) is 2. The first-order chi connectivity index (χ1) is 13.7. The van der Waals surface area contributed by atoms with Crippen LogP contribution < -0.4 is 10.6 Å². The molecule has 2 N–H and O–H groups in total. The second kappa shape index (κ2) is 10.6. The van der Waals surface area contributed by atoms with Crippen LogP contribution in [0.1, 0.15) is 57.3 Å². The molecule has 0 aromatic heterocycles. The molecule has 0 heterocycles. The molecule has 7 heteroatoms. The standard InChI is InChI=1S/C22H31ClN2O4/c1-13(2)20(25-21(27)16-9-5-6-10-17(16)23)22(28)29-12-19(26)24-18-11-7-8-14(3)15(18)4/h5-6,9-10,13-15,18,20H,7-8,11-12H2,1-4H3,(H,24,26)(H,25,27)/t14-,15+,18+,20-/m0/s1. The molecule has 1 aromatic rings. The summed E-state index contributed by atoms with van der Waals surface area (Å²) in [6.07, 6.45) is 3.19. The van der Waals surface area contributed by atoms with Gasteiger partial charge in [0, 0.05) is 6.04 Å². The van der Waals surface area contributed by atoms with Crippen LogP contribution in [-0.4, -0.2) is 36.5 Å². The number of hydrogen-bond acceptors (Lipinski definition) is 4. The molecule has 6 nitrogen and oxygen atoms in total. The number of carbonyl (C=O) groups excluding carboxylic acids is 3. The molecular formula is C22H31ClN2O4. The van der Waals surface area contributed by atoms with Crippen molar-refractivity contribution in [2.75, 3.05) is 6.61 Å². The van der Waals surface area contributed by atoms with E-state index >= 15 is 0 Å². The van der Waals surface area contributed by atoms with Gasteiger partial charge >= 0.3 is 5.97 Å². The Morgan fingerprint density at radius 3 is 2.52 bits per heavy atom. The van der Waals surface area contributed by atoms with Gasteiger partial charge in [0.15, 0.2) is 6.61 Å². The highest BCUT2D eigenvalue weighted by molar-refractivity contribution is 6.33. The average molecular weight is 423 g/mol. The minimum atomic E-state index is -0.875. The molecule has 1 aliphatic rings. The first-order valence-corrected chi connectivity index (χ1v) is 10.6. The maximum Gasteiger partial charge on any atom is 0.329 e. The van der Waals surface area contributed by atoms with Crippen molar-refractivity contribution in [3.63, 3.8) is 0 Å². The van der Waals surface area contributed by atoms with Crippen molar-refractivity contribution in [2.45, 2.75) is 59.0 Å². The van der Waals surface area contributed by atoms with E-state index in [-0.39, 0.29) is 30.0 Å². The van der Waals surface area contributed by atoms with Gasteiger partial charge in [0.2, 0.25) is 0 Å². The molecule has 1 aromatic carbocycles. The molecule has 160 valence electrons. The third-order valence-electron chi connectivity index (χ3n) is 5.72. The number of carbonyl (C=O) groups is 3. The molecule has 2 amide bonds. The molecule has 0 saturated heterocycles. The van der Waals surface area contributed by atoms with Gasteiger partial charge < -0.3 is 15.4 Å². The number of nitrogens with one attached hydrogen (secondary N) is 2. The minimum absolute atomic E-state index is 0.103. The van der Waals surface area contributed by atoms with Crippen LogP contribution in [0.3, 0.4) is 0 Å². The van der Waals surface area contributed by atoms with Gasteiger partial charge in [-0.1, -0.05) is 64.3 Å². The number of esters is 1. The highest BCUT2D eigenvalue weighted by Crippen LogP contribution is 2.29. The topological polar surface area (TPSA) is 84.5 Å². The lowest BCUT2D eigenvalue weighted by molar-refractivity contribution is -0.151. The summed E-state index contributed by atoms with van der Waals surface area (Å²) in [5, 5.41) is 5.94. The van der Waals surface area contributed by atoms with E-state index in [0.29, 0.717) is 16.9 Å². The number of halogens is 1. The average Bonchev–Trinajstić information content (AvgIpc) is 2.67. The van der Waals surface area contributed by atoms with Crippen LogP contribution in [0.25, 0.3) is 0 Å². The molecule has 4 atom stereocenters. The summed E-state index contributed by atoms with van der Waals surface area (Å²) in [5.74, 6) is -0.676. The van der Waals surface area contributed by atoms with Gasteiger partial charge in [-0.05, 0) is 36.3 Å². The van der Waals surface area contributed by atoms with Crippen molar-refractivity contribution in [3.05, 3.63) is 34.9 Å². The number of ether oxygens (including phenoxy) is 1. The van der Waals surface area contributed by atoms with E-state index in [9.17, 15) is 14.4 Å². The first-order valence-electron chi connectivity index (χ1n) is 10.2. The maximum atomic E-state index is 12.5. The van der Waals surface area contributed by atoms with Crippen LogP contribution in [0.2, 0.25) is 5.02 Å². The third kappa shape index (κ3) is 6.46. The molecule has 29 heavy (non-hydrogen) atoms. The summed E-state index contributed by atoms with van der Waals surface area (Å²) >= 11 is 6.05. The molecule has 0 aliphatic heterocycles. The monoisotopic (exact) mass is 422 g/mol. The highest BCUT2D eigenvalue weighted by Gasteiger charge is 2.30. The van der Waals surface area contributed by atoms with Crippen molar-refractivity contribution in [1.29, 1.82) is 0 Å². The number of benzene rings is 1. The summed E-state index contributed by atoms with van der Waals surface area (Å²) in [6, 6.07) is 5.84. The van der Waals surface area contributed by atoms with E-state index in [1.54, 1.807) is 38.1 Å². The predicted molar refractivity (Wildman–Crippen MR) is 113 cm³/mol. The van der Waals surface area contributed by atoms with Gasteiger partial charge in [0.25, 0.3) is 11.8 Å². The molecule has 1 aliphatic carbocycles. The Labute approximate surface area is 177 Å². The zero-order valence-corrected chi connectivity index (χ0v) is 18.3. The molecule has 0 bridgehead atoms. The van der Waals surface area contributed by atoms with E-state index in [0.717, 1.165) is 12.8 Å². The van der Waals surface area contributed by atoms with E-state index in [2.05, 4.69) is 24.5 Å². The van der Waals surface area contributed by atoms with Crippen molar-refractivity contribution in [3.8, 4) is 0 Å². The molecule has 1 fully saturated rings. The van der Waals surface area contributed by atoms with Crippen LogP contribution >= 0.6 is 11.6 Å². The van der Waals surface area contributed by atoms with Crippen LogP contribution in [0.15, 0.2) is 24.3 Å². The Balaban J connectivity index is 1.90. The lowest BCUT2D eigenvalue weighted by Gasteiger charge is -2.34. The second-order valence-electron chi connectivity index (χ2n) is 8.22. The van der Waals surface area contributed by atoms with E-state index < -0.39 is 17.9 Å². The van der Waals surface area contributed by atoms with Crippen LogP contribution in [0.5, 0.6) is 0 Å². The zero-order chi connectivity index (χ0) is 21.6. The van der Waals surface area contributed by atoms with Crippen molar-refractivity contribution in [2.24, 2.45) is 17.8 Å². The van der Waals surface area contributed by atoms with Gasteiger partial charge in [-0.25, -0.2) is 4.79 Å². The van der Waals surface area contributed by atoms with Crippen molar-refractivity contribution >= 4 is 29.4 Å². The molecule has 0 spiro atoms. The Morgan fingerprint density at radius 2 is 1.86 bits per heavy atom. The summed E-state index contributed by atoms with van der Waals surface area (Å²) in [6.45, 7) is 7.56. The van der Waals surface area contributed by atoms with Crippen LogP contribution in [0.4, 0.5) is 0 Å². The zero-order valence-electron chi connectivity index (χ0n) is 17.5. The molecule has 1 saturated carbocycles. The largest absolute Gasteiger partial charge is 0.454 e. The molecular weight excluding hydrogens is 392 g/mol. The normalized spacial score (nSPS) is 22.6. The quantitative estimate of drug-likeness (QED) is 0.658. The number of amides is 2. The predicted octanol–water partition coefficient (Wildman–Crippen LogP) is 3.58. The van der Waals surface area contributed by atoms with Crippen molar-refractivity contribution in [1.82, 2.24) is 10.6 Å². The molecule has 0 unspecified atom stereocenters. The van der Waals surface area contributed by atoms with E-state index in [4.69, 9.17) is 16.3 Å². The Kier molecular flexibility index (Phi) is 8.50. The summed E-state index contributed by atoms with van der Waals surface area (Å²) in [7, 11) is 0. The van der Waals surface area contributed by atoms with Gasteiger partial charge in [0.05, 0.1) is 10.6 Å². The first kappa shape index (κ1) is 23.2. The van der Waals surface area contributed by atoms with Gasteiger partial charge in [-0.15, -0.1) is 0 Å². The summed E-state index contributed by atoms with van der Waals surface area (Å²) in [4.78, 5) is 37.2. The maximum absolute atomic E-state index is 12.5. The smallest absolute Gasteiger partial charge is 0.329 e. The Morgan fingerprint density at radius 1 is 1.17 bits per heavy atom. The van der Waals surface area contributed by atoms with Crippen LogP contribution in [-0.2, 0) is 14.3 Å². The van der Waals surface area contributed by atoms with E-state index in [1.807, 2.05) is 0 Å². The fourth-order valence-electron chi connectivity index (χ4n) is 3.62. The fourth-order valence-corrected chi connectivity index (χ4v) is 3.84. The summed E-state index contributed by atoms with van der Waals surface area (Å²) < 4.78 is 5.20. The lowest BCUT2D eigenvalue weighted by atomic mass is 9.78. The summed E-state index contributed by atoms with van der Waals surface area (Å²) in [5.41, 5.74) is 0.283. The SMILES string of the molecule is CC(C)[C@H](NC(=O)c1ccccc1Cl)C(=O)OCC(=O)N[C@@H]1CCC[C@H](C)[C@H]1C. The second-order valence-corrected chi connectivity index (χ2v) is 8.63. The van der Waals surface area contributed by atoms with E-state index in [1.165, 1.54) is 6.42 Å². The molecule has 0 radical (unpaired) electrons. The Bertz CT molecular complexity index is 737. The lowest BCUT2D eigenvalue weighted by Crippen LogP contribution is -2.48. The molecule has 2 rings (SSSR count). The van der Waals surface area contributed by atoms with Gasteiger partial charge in [0.1, 0.15) is 6.04 Å².